The molecule has 0 radical (unpaired) electrons. The molecule has 0 bridgehead atoms. The average Bonchev–Trinajstić information content (AvgIpc) is 0. The van der Waals surface area contributed by atoms with Crippen molar-refractivity contribution < 1.29 is 257 Å². The summed E-state index contributed by atoms with van der Waals surface area (Å²) in [4.78, 5) is 0. The van der Waals surface area contributed by atoms with Gasteiger partial charge in [-0.2, -0.15) is 0 Å². The molecule has 0 N–H and O–H groups in total. The number of rotatable bonds is 0. The molecular weight excluding hydrogens is 195 g/mol. The van der Waals surface area contributed by atoms with E-state index in [4.69, 9.17) is 0 Å². The minimum Gasteiger partial charge on any atom is 1.00 e. The minimum atomic E-state index is 0. The van der Waals surface area contributed by atoms with Crippen molar-refractivity contribution >= 4 is 0 Å². The number of hydrogen-bond acceptors (Lipinski definition) is 0. The molecule has 0 rings (SSSR count). The Kier molecular flexibility index (Phi) is 133. The first-order chi connectivity index (χ1) is 0. The molecule has 0 nitrogen and oxygen atoms in total. The molecule has 0 aliphatic rings. The van der Waals surface area contributed by atoms with Crippen molar-refractivity contribution in [1.29, 1.82) is 0 Å². The van der Waals surface area contributed by atoms with Crippen LogP contribution in [0.4, 0.5) is 0 Å². The molecule has 5 heavy (non-hydrogen) atoms. The van der Waals surface area contributed by atoms with Crippen LogP contribution in [0.2, 0.25) is 0 Å². The van der Waals surface area contributed by atoms with Crippen molar-refractivity contribution in [3.05, 3.63) is 0 Å². The van der Waals surface area contributed by atoms with Crippen LogP contribution in [-0.4, -0.2) is 0 Å². The topological polar surface area (TPSA) is 0 Å². The van der Waals surface area contributed by atoms with Gasteiger partial charge in [0.1, 0.15) is 0 Å². The van der Waals surface area contributed by atoms with E-state index in [1.807, 2.05) is 0 Å². The Hall–Kier alpha value is 8.18. The van der Waals surface area contributed by atoms with Crippen molar-refractivity contribution in [2.75, 3.05) is 0 Å². The first-order valence-electron chi connectivity index (χ1n) is 0. The number of hydrogen-bond donors (Lipinski definition) is 0. The summed E-state index contributed by atoms with van der Waals surface area (Å²) in [5.74, 6) is 0. The van der Waals surface area contributed by atoms with E-state index in [9.17, 15) is 0 Å². The third-order valence-electron chi connectivity index (χ3n) is 0. The van der Waals surface area contributed by atoms with E-state index in [0.29, 0.717) is 0 Å². The summed E-state index contributed by atoms with van der Waals surface area (Å²) in [5.41, 5.74) is 0. The fourth-order valence-corrected chi connectivity index (χ4v) is 0. The molecule has 0 aromatic carbocycles. The Morgan fingerprint density at radius 2 is 0.200 bits per heavy atom. The monoisotopic (exact) mass is 195 g/mol. The van der Waals surface area contributed by atoms with Gasteiger partial charge in [-0.05, 0) is 0 Å². The van der Waals surface area contributed by atoms with Gasteiger partial charge < -0.3 is 0 Å². The van der Waals surface area contributed by atoms with Gasteiger partial charge >= 0.3 is 257 Å². The van der Waals surface area contributed by atoms with Crippen LogP contribution in [0.15, 0.2) is 0 Å². The third-order valence-corrected chi connectivity index (χ3v) is 0. The van der Waals surface area contributed by atoms with Crippen LogP contribution in [0.5, 0.6) is 0 Å². The first-order valence-corrected chi connectivity index (χ1v) is 0. The molecule has 0 aliphatic carbocycles. The summed E-state index contributed by atoms with van der Waals surface area (Å²) in [5, 5.41) is 0. The molecule has 0 saturated heterocycles. The largest absolute Gasteiger partial charge is 1.00 e. The molecule has 0 unspecified atom stereocenters. The molecule has 0 valence electrons. The second kappa shape index (κ2) is 22.8. The predicted octanol–water partition coefficient (Wildman–Crippen LogP) is -15.0. The SMILES string of the molecule is [K+].[K+].[K+].[K+].[K+]. The fraction of sp³-hybridized carbons (Fsp3) is 0. The Balaban J connectivity index is 0. The Morgan fingerprint density at radius 1 is 0.200 bits per heavy atom. The Morgan fingerprint density at radius 3 is 0.200 bits per heavy atom. The maximum Gasteiger partial charge on any atom is 1.00 e. The second-order valence-corrected chi connectivity index (χ2v) is 0. The standard InChI is InChI=1S/5K/q5*+1. The van der Waals surface area contributed by atoms with E-state index in [2.05, 4.69) is 0 Å². The van der Waals surface area contributed by atoms with Crippen molar-refractivity contribution in [3.63, 3.8) is 0 Å². The average molecular weight is 195 g/mol. The van der Waals surface area contributed by atoms with Crippen LogP contribution >= 0.6 is 0 Å². The molecule has 0 aromatic heterocycles. The summed E-state index contributed by atoms with van der Waals surface area (Å²) < 4.78 is 0. The summed E-state index contributed by atoms with van der Waals surface area (Å²) in [7, 11) is 0. The first kappa shape index (κ1) is 29.2. The van der Waals surface area contributed by atoms with Gasteiger partial charge in [-0.25, -0.2) is 0 Å². The second-order valence-electron chi connectivity index (χ2n) is 0. The summed E-state index contributed by atoms with van der Waals surface area (Å²) in [6, 6.07) is 0. The molecule has 0 fully saturated rings. The van der Waals surface area contributed by atoms with Crippen molar-refractivity contribution in [2.45, 2.75) is 0 Å². The van der Waals surface area contributed by atoms with Gasteiger partial charge in [0.25, 0.3) is 0 Å². The molecule has 0 spiro atoms. The maximum atomic E-state index is 0. The van der Waals surface area contributed by atoms with Crippen molar-refractivity contribution in [2.24, 2.45) is 0 Å². The van der Waals surface area contributed by atoms with Gasteiger partial charge in [0.15, 0.2) is 0 Å². The van der Waals surface area contributed by atoms with Crippen LogP contribution in [0, 0.1) is 0 Å². The molecule has 5 heteroatoms. The zero-order valence-electron chi connectivity index (χ0n) is 5.00. The molecule has 0 heterocycles. The predicted molar refractivity (Wildman–Crippen MR) is 0 cm³/mol. The summed E-state index contributed by atoms with van der Waals surface area (Å²) >= 11 is 0. The van der Waals surface area contributed by atoms with E-state index in [-0.39, 0.29) is 257 Å². The zero-order valence-corrected chi connectivity index (χ0v) is 20.6. The summed E-state index contributed by atoms with van der Waals surface area (Å²) in [6.07, 6.45) is 0. The normalized spacial score (nSPS) is 0. The Bertz CT molecular complexity index is 0. The smallest absolute Gasteiger partial charge is 1.00 e. The molecule has 0 saturated carbocycles. The fourth-order valence-electron chi connectivity index (χ4n) is 0. The molecule has 0 atom stereocenters. The maximum absolute atomic E-state index is 0. The van der Waals surface area contributed by atoms with Gasteiger partial charge in [-0.15, -0.1) is 0 Å². The van der Waals surface area contributed by atoms with Gasteiger partial charge in [-0.3, -0.25) is 0 Å². The van der Waals surface area contributed by atoms with E-state index in [0.717, 1.165) is 0 Å². The zero-order chi connectivity index (χ0) is 0. The van der Waals surface area contributed by atoms with Crippen LogP contribution in [0.25, 0.3) is 0 Å². The van der Waals surface area contributed by atoms with Gasteiger partial charge in [0.05, 0.1) is 0 Å². The van der Waals surface area contributed by atoms with E-state index < -0.39 is 0 Å². The van der Waals surface area contributed by atoms with Crippen LogP contribution in [0.3, 0.4) is 0 Å². The van der Waals surface area contributed by atoms with Crippen LogP contribution in [-0.2, 0) is 0 Å². The van der Waals surface area contributed by atoms with Crippen molar-refractivity contribution in [3.8, 4) is 0 Å². The molecular formula is K5+5. The van der Waals surface area contributed by atoms with E-state index in [1.165, 1.54) is 0 Å². The molecule has 0 aromatic rings. The summed E-state index contributed by atoms with van der Waals surface area (Å²) in [6.45, 7) is 0. The Labute approximate surface area is 246 Å². The minimum absolute atomic E-state index is 0. The van der Waals surface area contributed by atoms with Gasteiger partial charge in [-0.1, -0.05) is 0 Å². The quantitative estimate of drug-likeness (QED) is 0.337. The van der Waals surface area contributed by atoms with Gasteiger partial charge in [0, 0.05) is 0 Å². The van der Waals surface area contributed by atoms with E-state index >= 15 is 0 Å². The van der Waals surface area contributed by atoms with Crippen LogP contribution in [0.1, 0.15) is 0 Å². The van der Waals surface area contributed by atoms with Crippen molar-refractivity contribution in [1.82, 2.24) is 0 Å². The van der Waals surface area contributed by atoms with E-state index in [1.54, 1.807) is 0 Å². The third kappa shape index (κ3) is 18.9. The van der Waals surface area contributed by atoms with Crippen LogP contribution < -0.4 is 257 Å². The molecule has 0 aliphatic heterocycles. The molecule has 0 amide bonds. The van der Waals surface area contributed by atoms with Gasteiger partial charge in [0.2, 0.25) is 0 Å².